The van der Waals surface area contributed by atoms with E-state index >= 15 is 0 Å². The number of nitrogens with zero attached hydrogens (tertiary/aromatic N) is 3. The first-order valence-corrected chi connectivity index (χ1v) is 6.81. The Morgan fingerprint density at radius 3 is 2.67 bits per heavy atom. The first-order valence-electron chi connectivity index (χ1n) is 5.93. The normalized spacial score (nSPS) is 11.6. The first-order chi connectivity index (χ1) is 8.45. The molecule has 0 amide bonds. The predicted octanol–water partition coefficient (Wildman–Crippen LogP) is 3.15. The molecule has 5 heteroatoms. The molecule has 2 heterocycles. The molecule has 18 heavy (non-hydrogen) atoms. The molecule has 0 aliphatic rings. The zero-order valence-corrected chi connectivity index (χ0v) is 12.0. The van der Waals surface area contributed by atoms with Crippen LogP contribution < -0.4 is 5.32 Å². The monoisotopic (exact) mass is 262 g/mol. The summed E-state index contributed by atoms with van der Waals surface area (Å²) in [5.74, 6) is 1.61. The zero-order valence-electron chi connectivity index (χ0n) is 11.2. The van der Waals surface area contributed by atoms with Gasteiger partial charge in [0.25, 0.3) is 0 Å². The Morgan fingerprint density at radius 2 is 2.06 bits per heavy atom. The van der Waals surface area contributed by atoms with Gasteiger partial charge in [0.1, 0.15) is 11.6 Å². The van der Waals surface area contributed by atoms with Crippen molar-refractivity contribution in [3.8, 4) is 0 Å². The molecule has 96 valence electrons. The van der Waals surface area contributed by atoms with Gasteiger partial charge in [-0.1, -0.05) is 20.8 Å². The highest BCUT2D eigenvalue weighted by molar-refractivity contribution is 7.09. The average molecular weight is 262 g/mol. The second-order valence-electron chi connectivity index (χ2n) is 5.24. The van der Waals surface area contributed by atoms with E-state index in [1.807, 2.05) is 13.0 Å². The maximum absolute atomic E-state index is 4.63. The van der Waals surface area contributed by atoms with Crippen LogP contribution in [0.4, 0.5) is 5.82 Å². The summed E-state index contributed by atoms with van der Waals surface area (Å²) in [6.45, 7) is 9.11. The van der Waals surface area contributed by atoms with Crippen LogP contribution in [0.3, 0.4) is 0 Å². The van der Waals surface area contributed by atoms with Gasteiger partial charge in [-0.3, -0.25) is 0 Å². The first kappa shape index (κ1) is 13.0. The van der Waals surface area contributed by atoms with Crippen molar-refractivity contribution in [2.75, 3.05) is 5.32 Å². The lowest BCUT2D eigenvalue weighted by Gasteiger charge is -2.13. The molecule has 0 bridgehead atoms. The summed E-state index contributed by atoms with van der Waals surface area (Å²) in [6.07, 6.45) is 1.76. The second-order valence-corrected chi connectivity index (χ2v) is 6.09. The summed E-state index contributed by atoms with van der Waals surface area (Å²) >= 11 is 1.71. The van der Waals surface area contributed by atoms with E-state index in [9.17, 15) is 0 Å². The Bertz CT molecular complexity index is 528. The minimum Gasteiger partial charge on any atom is -0.364 e. The fraction of sp³-hybridized carbons (Fsp3) is 0.462. The van der Waals surface area contributed by atoms with Gasteiger partial charge in [-0.25, -0.2) is 15.0 Å². The second kappa shape index (κ2) is 5.02. The third kappa shape index (κ3) is 3.26. The van der Waals surface area contributed by atoms with E-state index in [1.165, 1.54) is 0 Å². The highest BCUT2D eigenvalue weighted by Crippen LogP contribution is 2.25. The maximum Gasteiger partial charge on any atom is 0.129 e. The summed E-state index contributed by atoms with van der Waals surface area (Å²) < 4.78 is 0. The quantitative estimate of drug-likeness (QED) is 0.923. The lowest BCUT2D eigenvalue weighted by atomic mass is 9.98. The Balaban J connectivity index is 2.01. The van der Waals surface area contributed by atoms with Crippen LogP contribution in [0.25, 0.3) is 0 Å². The number of hydrogen-bond acceptors (Lipinski definition) is 5. The van der Waals surface area contributed by atoms with Gasteiger partial charge in [-0.05, 0) is 13.0 Å². The van der Waals surface area contributed by atoms with E-state index < -0.39 is 0 Å². The minimum absolute atomic E-state index is 0.119. The van der Waals surface area contributed by atoms with Crippen LogP contribution in [0.2, 0.25) is 0 Å². The van der Waals surface area contributed by atoms with Crippen molar-refractivity contribution in [3.05, 3.63) is 34.2 Å². The SMILES string of the molecule is Cc1nccc(NCc2csc(C(C)(C)C)n2)n1. The highest BCUT2D eigenvalue weighted by atomic mass is 32.1. The third-order valence-corrected chi connectivity index (χ3v) is 3.74. The van der Waals surface area contributed by atoms with Gasteiger partial charge in [0, 0.05) is 17.0 Å². The zero-order chi connectivity index (χ0) is 13.2. The van der Waals surface area contributed by atoms with Gasteiger partial charge in [0.05, 0.1) is 17.2 Å². The van der Waals surface area contributed by atoms with Crippen LogP contribution in [0.1, 0.15) is 37.3 Å². The summed E-state index contributed by atoms with van der Waals surface area (Å²) in [5.41, 5.74) is 1.18. The van der Waals surface area contributed by atoms with Crippen LogP contribution in [-0.2, 0) is 12.0 Å². The van der Waals surface area contributed by atoms with Gasteiger partial charge >= 0.3 is 0 Å². The van der Waals surface area contributed by atoms with E-state index in [1.54, 1.807) is 17.5 Å². The molecule has 0 atom stereocenters. The molecule has 0 radical (unpaired) electrons. The topological polar surface area (TPSA) is 50.7 Å². The average Bonchev–Trinajstić information content (AvgIpc) is 2.74. The van der Waals surface area contributed by atoms with E-state index in [0.717, 1.165) is 22.3 Å². The van der Waals surface area contributed by atoms with E-state index in [2.05, 4.69) is 46.4 Å². The Kier molecular flexibility index (Phi) is 3.61. The van der Waals surface area contributed by atoms with Crippen molar-refractivity contribution >= 4 is 17.2 Å². The van der Waals surface area contributed by atoms with Gasteiger partial charge in [0.2, 0.25) is 0 Å². The molecule has 0 aromatic carbocycles. The molecule has 0 fully saturated rings. The fourth-order valence-electron chi connectivity index (χ4n) is 1.47. The molecule has 0 spiro atoms. The van der Waals surface area contributed by atoms with E-state index in [4.69, 9.17) is 0 Å². The number of nitrogens with one attached hydrogen (secondary N) is 1. The molecule has 0 aliphatic heterocycles. The van der Waals surface area contributed by atoms with E-state index in [0.29, 0.717) is 6.54 Å². The summed E-state index contributed by atoms with van der Waals surface area (Å²) in [7, 11) is 0. The lowest BCUT2D eigenvalue weighted by molar-refractivity contribution is 0.583. The van der Waals surface area contributed by atoms with Gasteiger partial charge in [-0.2, -0.15) is 0 Å². The minimum atomic E-state index is 0.119. The molecule has 0 saturated heterocycles. The smallest absolute Gasteiger partial charge is 0.129 e. The molecule has 2 rings (SSSR count). The molecule has 2 aromatic rings. The van der Waals surface area contributed by atoms with Crippen LogP contribution in [0, 0.1) is 6.92 Å². The molecular weight excluding hydrogens is 244 g/mol. The third-order valence-electron chi connectivity index (χ3n) is 2.42. The number of thiazole rings is 1. The number of rotatable bonds is 3. The van der Waals surface area contributed by atoms with Crippen LogP contribution >= 0.6 is 11.3 Å². The van der Waals surface area contributed by atoms with Crippen LogP contribution in [-0.4, -0.2) is 15.0 Å². The van der Waals surface area contributed by atoms with Crippen molar-refractivity contribution in [3.63, 3.8) is 0 Å². The number of aryl methyl sites for hydroxylation is 1. The Labute approximate surface area is 112 Å². The molecular formula is C13H18N4S. The lowest BCUT2D eigenvalue weighted by Crippen LogP contribution is -2.11. The van der Waals surface area contributed by atoms with Crippen molar-refractivity contribution in [2.24, 2.45) is 0 Å². The van der Waals surface area contributed by atoms with Crippen molar-refractivity contribution in [1.29, 1.82) is 0 Å². The summed E-state index contributed by atoms with van der Waals surface area (Å²) in [6, 6.07) is 1.87. The Morgan fingerprint density at radius 1 is 1.28 bits per heavy atom. The number of hydrogen-bond donors (Lipinski definition) is 1. The molecule has 4 nitrogen and oxygen atoms in total. The van der Waals surface area contributed by atoms with Crippen LogP contribution in [0.15, 0.2) is 17.6 Å². The molecule has 2 aromatic heterocycles. The van der Waals surface area contributed by atoms with E-state index in [-0.39, 0.29) is 5.41 Å². The number of anilines is 1. The Hall–Kier alpha value is -1.49. The molecule has 0 unspecified atom stereocenters. The fourth-order valence-corrected chi connectivity index (χ4v) is 2.38. The molecule has 0 aliphatic carbocycles. The highest BCUT2D eigenvalue weighted by Gasteiger charge is 2.17. The standard InChI is InChI=1S/C13H18N4S/c1-9-14-6-5-11(16-9)15-7-10-8-18-12(17-10)13(2,3)4/h5-6,8H,7H2,1-4H3,(H,14,15,16). The van der Waals surface area contributed by atoms with Crippen molar-refractivity contribution in [1.82, 2.24) is 15.0 Å². The predicted molar refractivity (Wildman–Crippen MR) is 74.9 cm³/mol. The van der Waals surface area contributed by atoms with Crippen molar-refractivity contribution < 1.29 is 0 Å². The summed E-state index contributed by atoms with van der Waals surface area (Å²) in [4.78, 5) is 13.0. The van der Waals surface area contributed by atoms with Gasteiger partial charge < -0.3 is 5.32 Å². The molecule has 0 saturated carbocycles. The van der Waals surface area contributed by atoms with Gasteiger partial charge in [-0.15, -0.1) is 11.3 Å². The van der Waals surface area contributed by atoms with Gasteiger partial charge in [0.15, 0.2) is 0 Å². The van der Waals surface area contributed by atoms with Crippen LogP contribution in [0.5, 0.6) is 0 Å². The largest absolute Gasteiger partial charge is 0.364 e. The number of aromatic nitrogens is 3. The van der Waals surface area contributed by atoms with Crippen molar-refractivity contribution in [2.45, 2.75) is 39.7 Å². The maximum atomic E-state index is 4.63. The summed E-state index contributed by atoms with van der Waals surface area (Å²) in [5, 5.41) is 6.52. The molecule has 1 N–H and O–H groups in total.